The summed E-state index contributed by atoms with van der Waals surface area (Å²) in [6.07, 6.45) is 1.92. The third kappa shape index (κ3) is 5.93. The van der Waals surface area contributed by atoms with Gasteiger partial charge in [-0.25, -0.2) is 4.39 Å². The maximum atomic E-state index is 13.8. The molecule has 0 spiro atoms. The summed E-state index contributed by atoms with van der Waals surface area (Å²) >= 11 is 2.64. The molecule has 1 aromatic heterocycles. The van der Waals surface area contributed by atoms with E-state index in [2.05, 4.69) is 17.1 Å². The largest absolute Gasteiger partial charge is 0.507 e. The summed E-state index contributed by atoms with van der Waals surface area (Å²) in [7, 11) is 0. The van der Waals surface area contributed by atoms with Gasteiger partial charge in [0.1, 0.15) is 17.3 Å². The molecule has 1 unspecified atom stereocenters. The van der Waals surface area contributed by atoms with Gasteiger partial charge in [-0.1, -0.05) is 78.9 Å². The monoisotopic (exact) mass is 575 g/mol. The molecule has 1 aliphatic heterocycles. The normalized spacial score (nSPS) is 16.4. The number of rotatable bonds is 10. The molecule has 40 heavy (non-hydrogen) atoms. The van der Waals surface area contributed by atoms with E-state index in [0.29, 0.717) is 33.6 Å². The topological polar surface area (TPSA) is 92.6 Å². The Morgan fingerprint density at radius 1 is 1.02 bits per heavy atom. The van der Waals surface area contributed by atoms with Crippen molar-refractivity contribution in [1.29, 1.82) is 0 Å². The van der Waals surface area contributed by atoms with Gasteiger partial charge in [-0.15, -0.1) is 10.2 Å². The summed E-state index contributed by atoms with van der Waals surface area (Å²) in [4.78, 5) is 27.9. The number of nitrogens with zero attached hydrogens (tertiary/aromatic N) is 3. The zero-order valence-corrected chi connectivity index (χ0v) is 23.3. The van der Waals surface area contributed by atoms with Gasteiger partial charge in [-0.05, 0) is 53.9 Å². The van der Waals surface area contributed by atoms with Crippen LogP contribution in [0.25, 0.3) is 5.76 Å². The number of aliphatic hydroxyl groups is 1. The van der Waals surface area contributed by atoms with Crippen LogP contribution in [0.3, 0.4) is 0 Å². The maximum Gasteiger partial charge on any atom is 0.301 e. The number of hydrogen-bond acceptors (Lipinski definition) is 8. The zero-order valence-electron chi connectivity index (χ0n) is 21.6. The number of ketones is 1. The minimum Gasteiger partial charge on any atom is -0.507 e. The van der Waals surface area contributed by atoms with Crippen LogP contribution in [0.4, 0.5) is 9.52 Å². The van der Waals surface area contributed by atoms with Crippen LogP contribution in [0.5, 0.6) is 5.75 Å². The number of amides is 1. The first kappa shape index (κ1) is 27.5. The molecule has 5 rings (SSSR count). The van der Waals surface area contributed by atoms with Gasteiger partial charge >= 0.3 is 5.91 Å². The molecule has 1 atom stereocenters. The van der Waals surface area contributed by atoms with Crippen LogP contribution in [-0.2, 0) is 15.3 Å². The average molecular weight is 576 g/mol. The highest BCUT2D eigenvalue weighted by atomic mass is 32.2. The van der Waals surface area contributed by atoms with Gasteiger partial charge in [0.15, 0.2) is 4.34 Å². The summed E-state index contributed by atoms with van der Waals surface area (Å²) in [5, 5.41) is 19.9. The van der Waals surface area contributed by atoms with Gasteiger partial charge in [0.2, 0.25) is 5.13 Å². The zero-order chi connectivity index (χ0) is 28.1. The van der Waals surface area contributed by atoms with Crippen molar-refractivity contribution in [2.75, 3.05) is 11.5 Å². The number of aliphatic hydroxyl groups excluding tert-OH is 1. The van der Waals surface area contributed by atoms with E-state index in [1.807, 2.05) is 30.3 Å². The third-order valence-corrected chi connectivity index (χ3v) is 8.46. The van der Waals surface area contributed by atoms with Gasteiger partial charge < -0.3 is 9.84 Å². The van der Waals surface area contributed by atoms with E-state index in [9.17, 15) is 19.1 Å². The van der Waals surface area contributed by atoms with Crippen LogP contribution < -0.4 is 9.64 Å². The van der Waals surface area contributed by atoms with E-state index in [1.165, 1.54) is 52.3 Å². The van der Waals surface area contributed by atoms with Crippen molar-refractivity contribution in [3.8, 4) is 5.75 Å². The van der Waals surface area contributed by atoms with Crippen molar-refractivity contribution in [2.45, 2.75) is 35.9 Å². The van der Waals surface area contributed by atoms with Crippen LogP contribution in [-0.4, -0.2) is 33.6 Å². The fourth-order valence-corrected chi connectivity index (χ4v) is 6.09. The summed E-state index contributed by atoms with van der Waals surface area (Å²) < 4.78 is 20.1. The standard InChI is InChI=1S/C30H26FN3O4S2/c1-2-3-17-38-23-15-11-21(12-16-23)26(35)24-25(20-9-13-22(31)14-10-20)34(28(37)27(24)36)29-32-33-30(40-29)39-18-19-7-5-4-6-8-19/h4-16,25,35H,2-3,17-18H2,1H3/b26-24-. The second-order valence-corrected chi connectivity index (χ2v) is 11.3. The Labute approximate surface area is 239 Å². The average Bonchev–Trinajstić information content (AvgIpc) is 3.55. The molecule has 1 saturated heterocycles. The molecule has 7 nitrogen and oxygen atoms in total. The molecular weight excluding hydrogens is 549 g/mol. The van der Waals surface area contributed by atoms with E-state index < -0.39 is 23.5 Å². The second-order valence-electron chi connectivity index (χ2n) is 9.07. The van der Waals surface area contributed by atoms with Crippen LogP contribution in [0, 0.1) is 5.82 Å². The third-order valence-electron chi connectivity index (χ3n) is 6.33. The Morgan fingerprint density at radius 3 is 2.45 bits per heavy atom. The van der Waals surface area contributed by atoms with Gasteiger partial charge in [-0.3, -0.25) is 14.5 Å². The highest BCUT2D eigenvalue weighted by Crippen LogP contribution is 2.44. The van der Waals surface area contributed by atoms with E-state index in [4.69, 9.17) is 4.74 Å². The summed E-state index contributed by atoms with van der Waals surface area (Å²) in [5.41, 5.74) is 1.81. The van der Waals surface area contributed by atoms with E-state index in [0.717, 1.165) is 18.4 Å². The van der Waals surface area contributed by atoms with E-state index in [1.54, 1.807) is 24.3 Å². The molecule has 2 heterocycles. The van der Waals surface area contributed by atoms with Gasteiger partial charge in [0.25, 0.3) is 5.78 Å². The van der Waals surface area contributed by atoms with Crippen LogP contribution >= 0.6 is 23.1 Å². The number of carbonyl (C=O) groups excluding carboxylic acids is 2. The molecule has 0 radical (unpaired) electrons. The number of Topliss-reactive ketones (excluding diaryl/α,β-unsaturated/α-hetero) is 1. The number of ether oxygens (including phenoxy) is 1. The maximum absolute atomic E-state index is 13.8. The Morgan fingerprint density at radius 2 is 1.75 bits per heavy atom. The highest BCUT2D eigenvalue weighted by Gasteiger charge is 2.48. The van der Waals surface area contributed by atoms with Gasteiger partial charge in [-0.2, -0.15) is 0 Å². The highest BCUT2D eigenvalue weighted by molar-refractivity contribution is 8.00. The van der Waals surface area contributed by atoms with Crippen molar-refractivity contribution in [2.24, 2.45) is 0 Å². The lowest BCUT2D eigenvalue weighted by molar-refractivity contribution is -0.132. The number of unbranched alkanes of at least 4 members (excludes halogenated alkanes) is 1. The smallest absolute Gasteiger partial charge is 0.301 e. The molecule has 1 amide bonds. The fraction of sp³-hybridized carbons (Fsp3) is 0.200. The number of thioether (sulfide) groups is 1. The van der Waals surface area contributed by atoms with E-state index >= 15 is 0 Å². The molecule has 1 fully saturated rings. The molecule has 1 aliphatic rings. The van der Waals surface area contributed by atoms with Crippen LogP contribution in [0.15, 0.2) is 88.8 Å². The Balaban J connectivity index is 1.49. The molecule has 3 aromatic carbocycles. The molecule has 0 saturated carbocycles. The predicted octanol–water partition coefficient (Wildman–Crippen LogP) is 6.77. The first-order valence-electron chi connectivity index (χ1n) is 12.8. The Kier molecular flexibility index (Phi) is 8.57. The molecule has 0 bridgehead atoms. The van der Waals surface area contributed by atoms with Gasteiger partial charge in [0, 0.05) is 11.3 Å². The minimum absolute atomic E-state index is 0.107. The lowest BCUT2D eigenvalue weighted by Crippen LogP contribution is -2.29. The molecule has 204 valence electrons. The molecule has 10 heteroatoms. The van der Waals surface area contributed by atoms with Gasteiger partial charge in [0.05, 0.1) is 18.2 Å². The molecule has 0 aliphatic carbocycles. The predicted molar refractivity (Wildman–Crippen MR) is 154 cm³/mol. The lowest BCUT2D eigenvalue weighted by Gasteiger charge is -2.22. The van der Waals surface area contributed by atoms with Crippen molar-refractivity contribution < 1.29 is 23.8 Å². The van der Waals surface area contributed by atoms with Crippen molar-refractivity contribution in [3.63, 3.8) is 0 Å². The fourth-order valence-electron chi connectivity index (χ4n) is 4.27. The molecule has 1 N–H and O–H groups in total. The molecular formula is C30H26FN3O4S2. The first-order valence-corrected chi connectivity index (χ1v) is 14.6. The number of aromatic nitrogens is 2. The number of hydrogen-bond donors (Lipinski definition) is 1. The summed E-state index contributed by atoms with van der Waals surface area (Å²) in [6.45, 7) is 2.65. The lowest BCUT2D eigenvalue weighted by atomic mass is 9.95. The summed E-state index contributed by atoms with van der Waals surface area (Å²) in [5.74, 6) is -1.20. The number of halogens is 1. The van der Waals surface area contributed by atoms with Crippen molar-refractivity contribution in [3.05, 3.63) is 107 Å². The Hall–Kier alpha value is -4.02. The number of anilines is 1. The number of carbonyl (C=O) groups is 2. The summed E-state index contributed by atoms with van der Waals surface area (Å²) in [6, 6.07) is 21.0. The minimum atomic E-state index is -1.01. The number of benzene rings is 3. The van der Waals surface area contributed by atoms with E-state index in [-0.39, 0.29) is 16.5 Å². The van der Waals surface area contributed by atoms with Crippen LogP contribution in [0.2, 0.25) is 0 Å². The van der Waals surface area contributed by atoms with Crippen molar-refractivity contribution in [1.82, 2.24) is 10.2 Å². The Bertz CT molecular complexity index is 1520. The SMILES string of the molecule is CCCCOc1ccc(/C(O)=C2/C(=O)C(=O)N(c3nnc(SCc4ccccc4)s3)C2c2ccc(F)cc2)cc1. The van der Waals surface area contributed by atoms with Crippen molar-refractivity contribution >= 4 is 45.7 Å². The first-order chi connectivity index (χ1) is 19.5. The van der Waals surface area contributed by atoms with Crippen LogP contribution in [0.1, 0.15) is 42.5 Å². The second kappa shape index (κ2) is 12.4. The molecule has 4 aromatic rings. The quantitative estimate of drug-likeness (QED) is 0.0557.